The number of nitrogens with zero attached hydrogens (tertiary/aromatic N) is 1. The van der Waals surface area contributed by atoms with Gasteiger partial charge >= 0.3 is 5.97 Å². The van der Waals surface area contributed by atoms with Crippen LogP contribution in [0.5, 0.6) is 0 Å². The van der Waals surface area contributed by atoms with E-state index in [0.717, 1.165) is 19.3 Å². The van der Waals surface area contributed by atoms with Crippen LogP contribution in [0.3, 0.4) is 0 Å². The predicted molar refractivity (Wildman–Crippen MR) is 203 cm³/mol. The summed E-state index contributed by atoms with van der Waals surface area (Å²) in [5.74, 6) is -0.0996. The van der Waals surface area contributed by atoms with Gasteiger partial charge in [0.25, 0.3) is 0 Å². The largest absolute Gasteiger partial charge is 0.466 e. The van der Waals surface area contributed by atoms with E-state index < -0.39 is 16.5 Å². The summed E-state index contributed by atoms with van der Waals surface area (Å²) >= 11 is 0. The van der Waals surface area contributed by atoms with Gasteiger partial charge in [-0.25, -0.2) is 0 Å². The summed E-state index contributed by atoms with van der Waals surface area (Å²) in [5.41, 5.74) is 0. The minimum Gasteiger partial charge on any atom is -0.466 e. The Morgan fingerprint density at radius 2 is 0.729 bits per heavy atom. The lowest BCUT2D eigenvalue weighted by Crippen LogP contribution is -2.92. The van der Waals surface area contributed by atoms with E-state index in [1.807, 2.05) is 0 Å². The molecule has 3 nitrogen and oxygen atoms in total. The lowest BCUT2D eigenvalue weighted by molar-refractivity contribution is -0.144. The minimum absolute atomic E-state index is 0.0948. The molecule has 7 rings (SSSR count). The van der Waals surface area contributed by atoms with Crippen LogP contribution < -0.4 is 31.1 Å². The fourth-order valence-corrected chi connectivity index (χ4v) is 21.6. The molecule has 6 aromatic rings. The molecule has 0 amide bonds. The average molecular weight is 660 g/mol. The molecule has 1 saturated heterocycles. The number of ether oxygens (including phenoxy) is 1. The third-order valence-corrected chi connectivity index (χ3v) is 21.1. The van der Waals surface area contributed by atoms with Gasteiger partial charge in [0.15, 0.2) is 0 Å². The molecule has 1 aliphatic rings. The van der Waals surface area contributed by atoms with Gasteiger partial charge in [0.2, 0.25) is 16.5 Å². The number of hydrogen-bond donors (Lipinski definition) is 0. The Morgan fingerprint density at radius 1 is 0.438 bits per heavy atom. The van der Waals surface area contributed by atoms with Crippen molar-refractivity contribution < 1.29 is 9.53 Å². The number of carbonyl (C=O) groups is 1. The number of hydrogen-bond acceptors (Lipinski definition) is 3. The van der Waals surface area contributed by atoms with E-state index in [0.29, 0.717) is 13.0 Å². The Hall–Kier alpha value is -4.82. The molecule has 0 spiro atoms. The molecule has 5 heteroatoms. The summed E-state index contributed by atoms with van der Waals surface area (Å²) in [5, 5.41) is 8.04. The maximum Gasteiger partial charge on any atom is 0.305 e. The Balaban J connectivity index is 1.72. The highest BCUT2D eigenvalue weighted by molar-refractivity contribution is 7.22. The van der Waals surface area contributed by atoms with Gasteiger partial charge in [0.05, 0.1) is 6.61 Å². The van der Waals surface area contributed by atoms with Gasteiger partial charge in [-0.05, 0) is 56.4 Å². The van der Waals surface area contributed by atoms with E-state index in [9.17, 15) is 4.79 Å². The van der Waals surface area contributed by atoms with Crippen molar-refractivity contribution in [3.05, 3.63) is 182 Å². The van der Waals surface area contributed by atoms with Crippen LogP contribution in [-0.4, -0.2) is 39.3 Å². The highest BCUT2D eigenvalue weighted by Gasteiger charge is 2.59. The molecule has 0 N–H and O–H groups in total. The smallest absolute Gasteiger partial charge is 0.305 e. The summed E-state index contributed by atoms with van der Waals surface area (Å²) in [6, 6.07) is 67.6. The number of cyclic esters (lactones) is 1. The maximum atomic E-state index is 13.1. The maximum absolute atomic E-state index is 13.1. The van der Waals surface area contributed by atoms with E-state index in [1.165, 1.54) is 31.1 Å². The fraction of sp³-hybridized carbons (Fsp3) is 0.140. The highest BCUT2D eigenvalue weighted by Crippen LogP contribution is 2.30. The standard InChI is InChI=1S/C43H41NO2Si2/c45-43-34-33-36(20-19-35-46-43)44(47(37-21-7-1-8-22-37,38-23-9-2-10-24-38)39-25-11-3-12-26-39)48(40-27-13-4-14-28-40,41-29-15-5-16-30-41)42-31-17-6-18-32-42/h1-18,21-32,36H,19-20,33-35H2. The summed E-state index contributed by atoms with van der Waals surface area (Å²) < 4.78 is 8.72. The van der Waals surface area contributed by atoms with E-state index in [1.54, 1.807) is 0 Å². The van der Waals surface area contributed by atoms with Crippen molar-refractivity contribution in [1.29, 1.82) is 0 Å². The Kier molecular flexibility index (Phi) is 9.61. The lowest BCUT2D eigenvalue weighted by atomic mass is 10.1. The molecule has 1 aliphatic heterocycles. The Morgan fingerprint density at radius 3 is 1.02 bits per heavy atom. The van der Waals surface area contributed by atoms with Gasteiger partial charge in [0.1, 0.15) is 0 Å². The molecular weight excluding hydrogens is 619 g/mol. The van der Waals surface area contributed by atoms with E-state index in [2.05, 4.69) is 186 Å². The summed E-state index contributed by atoms with van der Waals surface area (Å²) in [7, 11) is -6.28. The molecule has 1 atom stereocenters. The molecule has 0 aromatic heterocycles. The molecule has 0 aliphatic carbocycles. The van der Waals surface area contributed by atoms with Crippen molar-refractivity contribution >= 4 is 53.6 Å². The second-order valence-corrected chi connectivity index (χ2v) is 20.3. The number of rotatable bonds is 9. The lowest BCUT2D eigenvalue weighted by Gasteiger charge is -2.57. The van der Waals surface area contributed by atoms with Crippen LogP contribution in [0.4, 0.5) is 0 Å². The number of esters is 1. The molecule has 1 heterocycles. The number of carbonyl (C=O) groups excluding carboxylic acids is 1. The van der Waals surface area contributed by atoms with Crippen LogP contribution in [0.15, 0.2) is 182 Å². The first kappa shape index (κ1) is 31.8. The monoisotopic (exact) mass is 659 g/mol. The Labute approximate surface area is 286 Å². The van der Waals surface area contributed by atoms with Crippen LogP contribution >= 0.6 is 0 Å². The molecule has 48 heavy (non-hydrogen) atoms. The van der Waals surface area contributed by atoms with Crippen molar-refractivity contribution in [2.45, 2.75) is 31.7 Å². The Bertz CT molecular complexity index is 1570. The average Bonchev–Trinajstić information content (AvgIpc) is 3.16. The van der Waals surface area contributed by atoms with Gasteiger partial charge < -0.3 is 8.97 Å². The zero-order chi connectivity index (χ0) is 32.7. The van der Waals surface area contributed by atoms with Crippen molar-refractivity contribution in [3.8, 4) is 0 Å². The minimum atomic E-state index is -3.14. The molecule has 238 valence electrons. The van der Waals surface area contributed by atoms with Crippen LogP contribution in [0.2, 0.25) is 0 Å². The molecule has 1 fully saturated rings. The number of benzene rings is 6. The molecule has 6 aromatic carbocycles. The first-order valence-corrected chi connectivity index (χ1v) is 20.9. The molecule has 1 unspecified atom stereocenters. The van der Waals surface area contributed by atoms with Crippen LogP contribution in [0, 0.1) is 0 Å². The van der Waals surface area contributed by atoms with Gasteiger partial charge in [-0.1, -0.05) is 182 Å². The zero-order valence-corrected chi connectivity index (χ0v) is 29.2. The van der Waals surface area contributed by atoms with Crippen molar-refractivity contribution in [2.75, 3.05) is 6.61 Å². The van der Waals surface area contributed by atoms with Crippen molar-refractivity contribution in [2.24, 2.45) is 0 Å². The van der Waals surface area contributed by atoms with E-state index in [4.69, 9.17) is 4.74 Å². The highest BCUT2D eigenvalue weighted by atomic mass is 28.4. The van der Waals surface area contributed by atoms with Gasteiger partial charge in [-0.3, -0.25) is 4.79 Å². The van der Waals surface area contributed by atoms with Crippen LogP contribution in [-0.2, 0) is 9.53 Å². The van der Waals surface area contributed by atoms with E-state index in [-0.39, 0.29) is 12.0 Å². The molecule has 0 radical (unpaired) electrons. The fourth-order valence-electron chi connectivity index (χ4n) is 7.97. The quantitative estimate of drug-likeness (QED) is 0.123. The predicted octanol–water partition coefficient (Wildman–Crippen LogP) is 5.11. The van der Waals surface area contributed by atoms with Crippen LogP contribution in [0.1, 0.15) is 25.7 Å². The third-order valence-electron chi connectivity index (χ3n) is 9.86. The summed E-state index contributed by atoms with van der Waals surface area (Å²) in [4.78, 5) is 13.1. The van der Waals surface area contributed by atoms with Gasteiger partial charge in [-0.15, -0.1) is 0 Å². The second-order valence-electron chi connectivity index (χ2n) is 12.5. The van der Waals surface area contributed by atoms with Crippen molar-refractivity contribution in [1.82, 2.24) is 4.23 Å². The molecular formula is C43H41NO2Si2. The zero-order valence-electron chi connectivity index (χ0n) is 27.2. The topological polar surface area (TPSA) is 29.5 Å². The van der Waals surface area contributed by atoms with Gasteiger partial charge in [0, 0.05) is 6.42 Å². The second kappa shape index (κ2) is 14.5. The van der Waals surface area contributed by atoms with Crippen molar-refractivity contribution in [3.63, 3.8) is 0 Å². The van der Waals surface area contributed by atoms with Gasteiger partial charge in [-0.2, -0.15) is 0 Å². The SMILES string of the molecule is O=C1CCC(N([Si](c2ccccc2)(c2ccccc2)c2ccccc2)[Si](c2ccccc2)(c2ccccc2)c2ccccc2)CCCO1. The first-order valence-electron chi connectivity index (χ1n) is 17.0. The normalized spacial score (nSPS) is 15.7. The molecule has 0 saturated carbocycles. The summed E-state index contributed by atoms with van der Waals surface area (Å²) in [6.07, 6.45) is 2.86. The molecule has 0 bridgehead atoms. The summed E-state index contributed by atoms with van der Waals surface area (Å²) in [6.45, 7) is 0.455. The van der Waals surface area contributed by atoms with E-state index >= 15 is 0 Å². The first-order chi connectivity index (χ1) is 23.8. The van der Waals surface area contributed by atoms with Crippen LogP contribution in [0.25, 0.3) is 0 Å². The third kappa shape index (κ3) is 5.79.